The molecule has 0 saturated heterocycles. The quantitative estimate of drug-likeness (QED) is 0.894. The second-order valence-electron chi connectivity index (χ2n) is 4.79. The summed E-state index contributed by atoms with van der Waals surface area (Å²) in [6, 6.07) is 9.53. The lowest BCUT2D eigenvalue weighted by Crippen LogP contribution is -2.14. The largest absolute Gasteiger partial charge is 0.384 e. The van der Waals surface area contributed by atoms with Gasteiger partial charge >= 0.3 is 0 Å². The van der Waals surface area contributed by atoms with Crippen molar-refractivity contribution < 1.29 is 4.79 Å². The van der Waals surface area contributed by atoms with Crippen molar-refractivity contribution in [2.24, 2.45) is 0 Å². The van der Waals surface area contributed by atoms with Crippen LogP contribution in [0.15, 0.2) is 36.5 Å². The van der Waals surface area contributed by atoms with E-state index in [0.717, 1.165) is 29.0 Å². The molecule has 2 N–H and O–H groups in total. The van der Waals surface area contributed by atoms with Gasteiger partial charge in [0.05, 0.1) is 11.9 Å². The Morgan fingerprint density at radius 2 is 1.80 bits per heavy atom. The van der Waals surface area contributed by atoms with Crippen LogP contribution < -0.4 is 10.6 Å². The van der Waals surface area contributed by atoms with Crippen molar-refractivity contribution in [1.29, 1.82) is 0 Å². The average Bonchev–Trinajstić information content (AvgIpc) is 2.38. The molecule has 2 aromatic rings. The number of carbonyl (C=O) groups is 1. The smallest absolute Gasteiger partial charge is 0.274 e. The number of benzene rings is 1. The van der Waals surface area contributed by atoms with E-state index < -0.39 is 0 Å². The minimum absolute atomic E-state index is 0.196. The Balaban J connectivity index is 2.11. The summed E-state index contributed by atoms with van der Waals surface area (Å²) in [7, 11) is 0. The van der Waals surface area contributed by atoms with E-state index in [1.807, 2.05) is 39.0 Å². The molecule has 1 amide bonds. The monoisotopic (exact) mass is 269 g/mol. The highest BCUT2D eigenvalue weighted by atomic mass is 16.1. The van der Waals surface area contributed by atoms with Crippen LogP contribution in [0.5, 0.6) is 0 Å². The van der Waals surface area contributed by atoms with Crippen LogP contribution in [-0.2, 0) is 0 Å². The zero-order valence-electron chi connectivity index (χ0n) is 12.0. The zero-order chi connectivity index (χ0) is 14.5. The molecule has 0 atom stereocenters. The van der Waals surface area contributed by atoms with Crippen molar-refractivity contribution in [2.75, 3.05) is 17.2 Å². The van der Waals surface area contributed by atoms with Crippen LogP contribution in [0.25, 0.3) is 0 Å². The van der Waals surface area contributed by atoms with Gasteiger partial charge in [0.2, 0.25) is 0 Å². The summed E-state index contributed by atoms with van der Waals surface area (Å²) in [5.74, 6) is -0.196. The molecule has 0 aliphatic rings. The molecule has 0 radical (unpaired) electrons. The van der Waals surface area contributed by atoms with Crippen molar-refractivity contribution in [2.45, 2.75) is 20.8 Å². The normalized spacial score (nSPS) is 10.2. The summed E-state index contributed by atoms with van der Waals surface area (Å²) in [4.78, 5) is 16.3. The number of hydrogen-bond acceptors (Lipinski definition) is 3. The number of rotatable bonds is 4. The first-order valence-electron chi connectivity index (χ1n) is 6.68. The van der Waals surface area contributed by atoms with Gasteiger partial charge in [0.25, 0.3) is 5.91 Å². The van der Waals surface area contributed by atoms with Gasteiger partial charge in [-0.3, -0.25) is 4.79 Å². The van der Waals surface area contributed by atoms with Crippen LogP contribution >= 0.6 is 0 Å². The molecule has 0 unspecified atom stereocenters. The maximum Gasteiger partial charge on any atom is 0.274 e. The number of hydrogen-bond donors (Lipinski definition) is 2. The van der Waals surface area contributed by atoms with Gasteiger partial charge in [-0.1, -0.05) is 6.07 Å². The van der Waals surface area contributed by atoms with Crippen LogP contribution in [0.2, 0.25) is 0 Å². The Hall–Kier alpha value is -2.36. The summed E-state index contributed by atoms with van der Waals surface area (Å²) < 4.78 is 0. The van der Waals surface area contributed by atoms with Gasteiger partial charge in [0, 0.05) is 12.2 Å². The fourth-order valence-electron chi connectivity index (χ4n) is 2.08. The van der Waals surface area contributed by atoms with Crippen LogP contribution in [0.1, 0.15) is 28.5 Å². The van der Waals surface area contributed by atoms with Crippen molar-refractivity contribution in [3.05, 3.63) is 53.3 Å². The Labute approximate surface area is 119 Å². The first-order valence-corrected chi connectivity index (χ1v) is 6.68. The van der Waals surface area contributed by atoms with E-state index >= 15 is 0 Å². The predicted molar refractivity (Wildman–Crippen MR) is 82.3 cm³/mol. The molecule has 1 aromatic heterocycles. The lowest BCUT2D eigenvalue weighted by molar-refractivity contribution is 0.102. The fourth-order valence-corrected chi connectivity index (χ4v) is 2.08. The highest BCUT2D eigenvalue weighted by molar-refractivity contribution is 6.03. The van der Waals surface area contributed by atoms with Gasteiger partial charge in [0.1, 0.15) is 5.69 Å². The third-order valence-electron chi connectivity index (χ3n) is 2.86. The molecule has 1 aromatic carbocycles. The third-order valence-corrected chi connectivity index (χ3v) is 2.86. The highest BCUT2D eigenvalue weighted by Crippen LogP contribution is 2.15. The van der Waals surface area contributed by atoms with E-state index in [0.29, 0.717) is 5.69 Å². The maximum atomic E-state index is 12.1. The zero-order valence-corrected chi connectivity index (χ0v) is 12.0. The predicted octanol–water partition coefficient (Wildman–Crippen LogP) is 3.38. The van der Waals surface area contributed by atoms with Gasteiger partial charge in [-0.15, -0.1) is 0 Å². The lowest BCUT2D eigenvalue weighted by atomic mass is 10.1. The average molecular weight is 269 g/mol. The molecule has 4 heteroatoms. The molecule has 0 aliphatic heterocycles. The SMILES string of the molecule is CCNc1ccc(C(=O)Nc2cc(C)cc(C)c2)nc1. The van der Waals surface area contributed by atoms with Gasteiger partial charge in [-0.25, -0.2) is 4.98 Å². The van der Waals surface area contributed by atoms with Gasteiger partial charge in [-0.05, 0) is 56.2 Å². The number of amides is 1. The molecule has 0 aliphatic carbocycles. The van der Waals surface area contributed by atoms with E-state index in [2.05, 4.69) is 21.7 Å². The summed E-state index contributed by atoms with van der Waals surface area (Å²) >= 11 is 0. The molecular formula is C16H19N3O. The fraction of sp³-hybridized carbons (Fsp3) is 0.250. The van der Waals surface area contributed by atoms with Crippen LogP contribution in [0, 0.1) is 13.8 Å². The van der Waals surface area contributed by atoms with Gasteiger partial charge in [0.15, 0.2) is 0 Å². The number of carbonyl (C=O) groups excluding carboxylic acids is 1. The molecule has 0 spiro atoms. The topological polar surface area (TPSA) is 54.0 Å². The minimum atomic E-state index is -0.196. The summed E-state index contributed by atoms with van der Waals surface area (Å²) in [5.41, 5.74) is 4.36. The molecule has 0 fully saturated rings. The van der Waals surface area contributed by atoms with Crippen molar-refractivity contribution in [1.82, 2.24) is 4.98 Å². The molecule has 0 saturated carbocycles. The van der Waals surface area contributed by atoms with E-state index in [4.69, 9.17) is 0 Å². The summed E-state index contributed by atoms with van der Waals surface area (Å²) in [6.07, 6.45) is 1.67. The Morgan fingerprint density at radius 3 is 2.35 bits per heavy atom. The molecule has 2 rings (SSSR count). The first-order chi connectivity index (χ1) is 9.58. The highest BCUT2D eigenvalue weighted by Gasteiger charge is 2.08. The standard InChI is InChI=1S/C16H19N3O/c1-4-17-13-5-6-15(18-10-13)16(20)19-14-8-11(2)7-12(3)9-14/h5-10,17H,4H2,1-3H3,(H,19,20). The van der Waals surface area contributed by atoms with E-state index in [9.17, 15) is 4.79 Å². The number of pyridine rings is 1. The first kappa shape index (κ1) is 14.1. The third kappa shape index (κ3) is 3.57. The lowest BCUT2D eigenvalue weighted by Gasteiger charge is -2.08. The molecule has 4 nitrogen and oxygen atoms in total. The van der Waals surface area contributed by atoms with Crippen LogP contribution in [-0.4, -0.2) is 17.4 Å². The summed E-state index contributed by atoms with van der Waals surface area (Å²) in [6.45, 7) is 6.86. The molecule has 104 valence electrons. The van der Waals surface area contributed by atoms with Crippen molar-refractivity contribution in [3.8, 4) is 0 Å². The molecular weight excluding hydrogens is 250 g/mol. The number of nitrogens with one attached hydrogen (secondary N) is 2. The molecule has 20 heavy (non-hydrogen) atoms. The molecule has 0 bridgehead atoms. The number of aromatic nitrogens is 1. The van der Waals surface area contributed by atoms with E-state index in [1.165, 1.54) is 0 Å². The Morgan fingerprint density at radius 1 is 1.10 bits per heavy atom. The van der Waals surface area contributed by atoms with Crippen LogP contribution in [0.4, 0.5) is 11.4 Å². The van der Waals surface area contributed by atoms with Gasteiger partial charge in [-0.2, -0.15) is 0 Å². The minimum Gasteiger partial charge on any atom is -0.384 e. The number of anilines is 2. The Bertz CT molecular complexity index is 585. The van der Waals surface area contributed by atoms with Crippen molar-refractivity contribution >= 4 is 17.3 Å². The maximum absolute atomic E-state index is 12.1. The second-order valence-corrected chi connectivity index (χ2v) is 4.79. The molecule has 1 heterocycles. The van der Waals surface area contributed by atoms with Crippen molar-refractivity contribution in [3.63, 3.8) is 0 Å². The van der Waals surface area contributed by atoms with E-state index in [1.54, 1.807) is 12.3 Å². The van der Waals surface area contributed by atoms with Crippen LogP contribution in [0.3, 0.4) is 0 Å². The van der Waals surface area contributed by atoms with E-state index in [-0.39, 0.29) is 5.91 Å². The summed E-state index contributed by atoms with van der Waals surface area (Å²) in [5, 5.41) is 6.01. The number of aryl methyl sites for hydroxylation is 2. The second kappa shape index (κ2) is 6.19. The Kier molecular flexibility index (Phi) is 4.35. The van der Waals surface area contributed by atoms with Gasteiger partial charge < -0.3 is 10.6 Å². The number of nitrogens with zero attached hydrogens (tertiary/aromatic N) is 1.